The van der Waals surface area contributed by atoms with Crippen LogP contribution in [0.5, 0.6) is 0 Å². The predicted octanol–water partition coefficient (Wildman–Crippen LogP) is 2.30. The fraction of sp³-hybridized carbons (Fsp3) is 0.667. The second kappa shape index (κ2) is 4.08. The topological polar surface area (TPSA) is 17.8 Å². The van der Waals surface area contributed by atoms with Crippen LogP contribution in [0, 0.1) is 12.8 Å². The molecule has 1 atom stereocenters. The summed E-state index contributed by atoms with van der Waals surface area (Å²) in [6.45, 7) is 4.26. The highest BCUT2D eigenvalue weighted by atomic mass is 79.9. The molecule has 2 nitrogen and oxygen atoms in total. The summed E-state index contributed by atoms with van der Waals surface area (Å²) in [6, 6.07) is 2.15. The van der Waals surface area contributed by atoms with Crippen LogP contribution in [-0.2, 0) is 13.5 Å². The first-order chi connectivity index (χ1) is 5.63. The van der Waals surface area contributed by atoms with E-state index >= 15 is 0 Å². The molecule has 12 heavy (non-hydrogen) atoms. The summed E-state index contributed by atoms with van der Waals surface area (Å²) in [4.78, 5) is 0. The SMILES string of the molecule is Cc1cc(CC(C)CBr)n(C)n1. The highest BCUT2D eigenvalue weighted by Crippen LogP contribution is 2.10. The summed E-state index contributed by atoms with van der Waals surface area (Å²) in [6.07, 6.45) is 1.10. The first-order valence-corrected chi connectivity index (χ1v) is 5.31. The van der Waals surface area contributed by atoms with Gasteiger partial charge in [0.2, 0.25) is 0 Å². The largest absolute Gasteiger partial charge is 0.272 e. The normalized spacial score (nSPS) is 13.3. The Kier molecular flexibility index (Phi) is 3.32. The summed E-state index contributed by atoms with van der Waals surface area (Å²) in [5.74, 6) is 0.680. The smallest absolute Gasteiger partial charge is 0.0596 e. The summed E-state index contributed by atoms with van der Waals surface area (Å²) in [5, 5.41) is 5.35. The van der Waals surface area contributed by atoms with Gasteiger partial charge in [-0.3, -0.25) is 4.68 Å². The minimum atomic E-state index is 0.680. The maximum absolute atomic E-state index is 4.30. The van der Waals surface area contributed by atoms with Crippen LogP contribution in [0.25, 0.3) is 0 Å². The molecule has 0 amide bonds. The monoisotopic (exact) mass is 230 g/mol. The number of aryl methyl sites for hydroxylation is 2. The molecule has 1 rings (SSSR count). The van der Waals surface area contributed by atoms with E-state index in [9.17, 15) is 0 Å². The standard InChI is InChI=1S/C9H15BrN2/c1-7(6-10)4-9-5-8(2)11-12(9)3/h5,7H,4,6H2,1-3H3. The van der Waals surface area contributed by atoms with Gasteiger partial charge >= 0.3 is 0 Å². The Bertz CT molecular complexity index is 255. The molecule has 0 bridgehead atoms. The zero-order valence-corrected chi connectivity index (χ0v) is 9.43. The lowest BCUT2D eigenvalue weighted by Crippen LogP contribution is -2.05. The van der Waals surface area contributed by atoms with Gasteiger partial charge < -0.3 is 0 Å². The minimum Gasteiger partial charge on any atom is -0.272 e. The molecule has 0 spiro atoms. The lowest BCUT2D eigenvalue weighted by atomic mass is 10.1. The number of hydrogen-bond acceptors (Lipinski definition) is 1. The van der Waals surface area contributed by atoms with Gasteiger partial charge in [-0.25, -0.2) is 0 Å². The second-order valence-corrected chi connectivity index (χ2v) is 4.01. The number of rotatable bonds is 3. The zero-order chi connectivity index (χ0) is 9.14. The fourth-order valence-electron chi connectivity index (χ4n) is 1.27. The quantitative estimate of drug-likeness (QED) is 0.730. The minimum absolute atomic E-state index is 0.680. The maximum atomic E-state index is 4.30. The third-order valence-electron chi connectivity index (χ3n) is 1.92. The van der Waals surface area contributed by atoms with Crippen molar-refractivity contribution in [2.45, 2.75) is 20.3 Å². The van der Waals surface area contributed by atoms with E-state index in [1.165, 1.54) is 5.69 Å². The molecule has 0 aromatic carbocycles. The average molecular weight is 231 g/mol. The Labute approximate surface area is 82.1 Å². The van der Waals surface area contributed by atoms with Gasteiger partial charge in [-0.05, 0) is 25.3 Å². The number of aromatic nitrogens is 2. The third-order valence-corrected chi connectivity index (χ3v) is 3.03. The summed E-state index contributed by atoms with van der Waals surface area (Å²) in [5.41, 5.74) is 2.42. The average Bonchev–Trinajstić information content (AvgIpc) is 2.30. The van der Waals surface area contributed by atoms with E-state index in [-0.39, 0.29) is 0 Å². The molecular formula is C9H15BrN2. The predicted molar refractivity (Wildman–Crippen MR) is 54.6 cm³/mol. The molecule has 0 saturated heterocycles. The van der Waals surface area contributed by atoms with E-state index in [1.807, 2.05) is 18.7 Å². The molecule has 1 aromatic heterocycles. The van der Waals surface area contributed by atoms with Gasteiger partial charge in [0.1, 0.15) is 0 Å². The maximum Gasteiger partial charge on any atom is 0.0596 e. The summed E-state index contributed by atoms with van der Waals surface area (Å²) >= 11 is 3.47. The van der Waals surface area contributed by atoms with Gasteiger partial charge in [0.25, 0.3) is 0 Å². The molecule has 0 N–H and O–H groups in total. The fourth-order valence-corrected chi connectivity index (χ4v) is 1.50. The molecule has 0 aliphatic carbocycles. The number of alkyl halides is 1. The molecule has 0 aliphatic rings. The summed E-state index contributed by atoms with van der Waals surface area (Å²) in [7, 11) is 2.00. The van der Waals surface area contributed by atoms with Crippen molar-refractivity contribution >= 4 is 15.9 Å². The molecule has 0 fully saturated rings. The van der Waals surface area contributed by atoms with Gasteiger partial charge in [0, 0.05) is 18.1 Å². The Morgan fingerprint density at radius 2 is 2.33 bits per heavy atom. The molecule has 0 radical (unpaired) electrons. The highest BCUT2D eigenvalue weighted by molar-refractivity contribution is 9.09. The van der Waals surface area contributed by atoms with Crippen molar-refractivity contribution in [3.05, 3.63) is 17.5 Å². The molecule has 1 heterocycles. The van der Waals surface area contributed by atoms with E-state index in [2.05, 4.69) is 34.0 Å². The van der Waals surface area contributed by atoms with Gasteiger partial charge in [-0.15, -0.1) is 0 Å². The van der Waals surface area contributed by atoms with Gasteiger partial charge in [0.05, 0.1) is 5.69 Å². The van der Waals surface area contributed by atoms with Crippen molar-refractivity contribution in [3.63, 3.8) is 0 Å². The molecular weight excluding hydrogens is 216 g/mol. The Hall–Kier alpha value is -0.310. The molecule has 3 heteroatoms. The van der Waals surface area contributed by atoms with Gasteiger partial charge in [-0.2, -0.15) is 5.10 Å². The van der Waals surface area contributed by atoms with Crippen LogP contribution in [0.15, 0.2) is 6.07 Å². The summed E-state index contributed by atoms with van der Waals surface area (Å²) < 4.78 is 1.97. The van der Waals surface area contributed by atoms with Crippen molar-refractivity contribution in [3.8, 4) is 0 Å². The van der Waals surface area contributed by atoms with E-state index in [0.717, 1.165) is 17.4 Å². The van der Waals surface area contributed by atoms with Crippen LogP contribution in [0.2, 0.25) is 0 Å². The van der Waals surface area contributed by atoms with Crippen LogP contribution in [0.1, 0.15) is 18.3 Å². The zero-order valence-electron chi connectivity index (χ0n) is 7.84. The van der Waals surface area contributed by atoms with Crippen LogP contribution < -0.4 is 0 Å². The number of nitrogens with zero attached hydrogens (tertiary/aromatic N) is 2. The molecule has 1 unspecified atom stereocenters. The molecule has 1 aromatic rings. The van der Waals surface area contributed by atoms with Crippen LogP contribution in [-0.4, -0.2) is 15.1 Å². The van der Waals surface area contributed by atoms with Crippen molar-refractivity contribution < 1.29 is 0 Å². The van der Waals surface area contributed by atoms with E-state index in [1.54, 1.807) is 0 Å². The van der Waals surface area contributed by atoms with Crippen molar-refractivity contribution in [1.29, 1.82) is 0 Å². The van der Waals surface area contributed by atoms with E-state index in [0.29, 0.717) is 5.92 Å². The Morgan fingerprint density at radius 3 is 2.75 bits per heavy atom. The van der Waals surface area contributed by atoms with Crippen LogP contribution in [0.4, 0.5) is 0 Å². The molecule has 0 aliphatic heterocycles. The number of hydrogen-bond donors (Lipinski definition) is 0. The van der Waals surface area contributed by atoms with Crippen molar-refractivity contribution in [2.24, 2.45) is 13.0 Å². The second-order valence-electron chi connectivity index (χ2n) is 3.36. The number of halogens is 1. The van der Waals surface area contributed by atoms with E-state index < -0.39 is 0 Å². The highest BCUT2D eigenvalue weighted by Gasteiger charge is 2.06. The first-order valence-electron chi connectivity index (χ1n) is 4.19. The van der Waals surface area contributed by atoms with Crippen LogP contribution >= 0.6 is 15.9 Å². The van der Waals surface area contributed by atoms with Gasteiger partial charge in [-0.1, -0.05) is 22.9 Å². The van der Waals surface area contributed by atoms with Crippen LogP contribution in [0.3, 0.4) is 0 Å². The van der Waals surface area contributed by atoms with Gasteiger partial charge in [0.15, 0.2) is 0 Å². The molecule has 68 valence electrons. The van der Waals surface area contributed by atoms with E-state index in [4.69, 9.17) is 0 Å². The molecule has 0 saturated carbocycles. The lowest BCUT2D eigenvalue weighted by Gasteiger charge is -2.06. The first kappa shape index (κ1) is 9.78. The third kappa shape index (κ3) is 2.34. The lowest BCUT2D eigenvalue weighted by molar-refractivity contribution is 0.605. The Balaban J connectivity index is 2.68. The Morgan fingerprint density at radius 1 is 1.67 bits per heavy atom. The van der Waals surface area contributed by atoms with Crippen molar-refractivity contribution in [2.75, 3.05) is 5.33 Å². The van der Waals surface area contributed by atoms with Crippen molar-refractivity contribution in [1.82, 2.24) is 9.78 Å².